The maximum atomic E-state index is 12.5. The number of hydrogen-bond acceptors (Lipinski definition) is 7. The van der Waals surface area contributed by atoms with Crippen LogP contribution in [0.5, 0.6) is 0 Å². The van der Waals surface area contributed by atoms with Crippen LogP contribution in [0, 0.1) is 0 Å². The molecular weight excluding hydrogens is 468 g/mol. The Labute approximate surface area is 192 Å². The minimum absolute atomic E-state index is 0.0558. The first kappa shape index (κ1) is 22.1. The second-order valence-electron chi connectivity index (χ2n) is 6.64. The van der Waals surface area contributed by atoms with Crippen molar-refractivity contribution in [3.8, 4) is 11.4 Å². The number of sulfonamides is 1. The molecule has 2 aromatic heterocycles. The molecule has 12 heteroatoms. The van der Waals surface area contributed by atoms with Crippen molar-refractivity contribution in [2.45, 2.75) is 4.90 Å². The van der Waals surface area contributed by atoms with Crippen LogP contribution < -0.4 is 15.6 Å². The second kappa shape index (κ2) is 9.18. The topological polar surface area (TPSA) is 147 Å². The summed E-state index contributed by atoms with van der Waals surface area (Å²) in [6, 6.07) is 13.6. The van der Waals surface area contributed by atoms with Gasteiger partial charge in [0, 0.05) is 34.9 Å². The van der Waals surface area contributed by atoms with E-state index in [1.807, 2.05) is 0 Å². The molecule has 4 rings (SSSR count). The monoisotopic (exact) mass is 482 g/mol. The molecule has 4 aromatic rings. The summed E-state index contributed by atoms with van der Waals surface area (Å²) in [7, 11) is -3.91. The smallest absolute Gasteiger partial charge is 0.264 e. The number of rotatable bonds is 6. The molecule has 0 radical (unpaired) electrons. The fourth-order valence-corrected chi connectivity index (χ4v) is 3.84. The fraction of sp³-hybridized carbons (Fsp3) is 0. The van der Waals surface area contributed by atoms with Crippen LogP contribution in [0.15, 0.2) is 82.9 Å². The molecule has 10 nitrogen and oxygen atoms in total. The summed E-state index contributed by atoms with van der Waals surface area (Å²) in [5.74, 6) is -0.473. The van der Waals surface area contributed by atoms with Crippen LogP contribution >= 0.6 is 11.6 Å². The predicted molar refractivity (Wildman–Crippen MR) is 123 cm³/mol. The van der Waals surface area contributed by atoms with Gasteiger partial charge in [0.05, 0.1) is 4.90 Å². The normalized spacial score (nSPS) is 11.1. The van der Waals surface area contributed by atoms with Crippen LogP contribution in [0.3, 0.4) is 0 Å². The Balaban J connectivity index is 1.47. The molecule has 0 saturated carbocycles. The Bertz CT molecular complexity index is 1460. The van der Waals surface area contributed by atoms with Gasteiger partial charge in [-0.05, 0) is 54.6 Å². The van der Waals surface area contributed by atoms with E-state index in [1.165, 1.54) is 42.9 Å². The minimum Gasteiger partial charge on any atom is -0.322 e. The van der Waals surface area contributed by atoms with E-state index >= 15 is 0 Å². The number of nitrogens with zero attached hydrogens (tertiary/aromatic N) is 3. The quantitative estimate of drug-likeness (QED) is 0.382. The molecule has 2 heterocycles. The van der Waals surface area contributed by atoms with Gasteiger partial charge >= 0.3 is 0 Å². The largest absolute Gasteiger partial charge is 0.322 e. The van der Waals surface area contributed by atoms with E-state index in [9.17, 15) is 18.0 Å². The number of aromatic nitrogens is 4. The Morgan fingerprint density at radius 1 is 0.939 bits per heavy atom. The zero-order valence-electron chi connectivity index (χ0n) is 16.7. The van der Waals surface area contributed by atoms with Crippen LogP contribution in [0.1, 0.15) is 10.4 Å². The first-order chi connectivity index (χ1) is 15.8. The molecule has 3 N–H and O–H groups in total. The van der Waals surface area contributed by atoms with Crippen LogP contribution in [-0.2, 0) is 10.0 Å². The molecule has 0 fully saturated rings. The Morgan fingerprint density at radius 2 is 1.61 bits per heavy atom. The molecule has 0 aliphatic heterocycles. The van der Waals surface area contributed by atoms with Crippen molar-refractivity contribution < 1.29 is 13.2 Å². The van der Waals surface area contributed by atoms with Gasteiger partial charge in [-0.3, -0.25) is 9.59 Å². The van der Waals surface area contributed by atoms with Gasteiger partial charge in [0.2, 0.25) is 5.95 Å². The molecule has 0 aliphatic rings. The lowest BCUT2D eigenvalue weighted by Gasteiger charge is -2.08. The number of nitrogens with one attached hydrogen (secondary N) is 3. The van der Waals surface area contributed by atoms with E-state index in [4.69, 9.17) is 11.6 Å². The van der Waals surface area contributed by atoms with E-state index in [2.05, 4.69) is 30.0 Å². The van der Waals surface area contributed by atoms with Gasteiger partial charge in [-0.2, -0.15) is 0 Å². The van der Waals surface area contributed by atoms with Crippen molar-refractivity contribution in [2.24, 2.45) is 0 Å². The van der Waals surface area contributed by atoms with Crippen molar-refractivity contribution in [1.29, 1.82) is 0 Å². The lowest BCUT2D eigenvalue weighted by atomic mass is 10.2. The number of benzene rings is 2. The van der Waals surface area contributed by atoms with Gasteiger partial charge in [0.15, 0.2) is 0 Å². The molecule has 0 spiro atoms. The Hall–Kier alpha value is -4.09. The number of H-pyrrole nitrogens is 1. The van der Waals surface area contributed by atoms with Gasteiger partial charge in [-0.15, -0.1) is 0 Å². The number of anilines is 2. The molecule has 1 amide bonds. The third kappa shape index (κ3) is 5.22. The number of carbonyl (C=O) groups is 1. The SMILES string of the molecule is O=C(Nc1ccc(S(=O)(=O)Nc2ncccn2)cc1)c1cnc(-c2ccc(Cl)cc2)[nH]c1=O. The molecular formula is C21H15ClN6O4S. The molecule has 0 unspecified atom stereocenters. The van der Waals surface area contributed by atoms with Crippen molar-refractivity contribution >= 4 is 39.2 Å². The zero-order chi connectivity index (χ0) is 23.4. The number of halogens is 1. The molecule has 0 saturated heterocycles. The van der Waals surface area contributed by atoms with Crippen LogP contribution in [-0.4, -0.2) is 34.3 Å². The van der Waals surface area contributed by atoms with Gasteiger partial charge < -0.3 is 10.3 Å². The van der Waals surface area contributed by atoms with Crippen LogP contribution in [0.25, 0.3) is 11.4 Å². The van der Waals surface area contributed by atoms with Gasteiger partial charge in [0.25, 0.3) is 21.5 Å². The maximum Gasteiger partial charge on any atom is 0.264 e. The van der Waals surface area contributed by atoms with Crippen LogP contribution in [0.4, 0.5) is 11.6 Å². The van der Waals surface area contributed by atoms with E-state index in [-0.39, 0.29) is 27.9 Å². The third-order valence-corrected chi connectivity index (χ3v) is 5.97. The van der Waals surface area contributed by atoms with Crippen molar-refractivity contribution in [3.05, 3.63) is 94.1 Å². The van der Waals surface area contributed by atoms with Crippen molar-refractivity contribution in [3.63, 3.8) is 0 Å². The van der Waals surface area contributed by atoms with E-state index < -0.39 is 21.5 Å². The Morgan fingerprint density at radius 3 is 2.24 bits per heavy atom. The van der Waals surface area contributed by atoms with Crippen molar-refractivity contribution in [1.82, 2.24) is 19.9 Å². The lowest BCUT2D eigenvalue weighted by Crippen LogP contribution is -2.24. The Kier molecular flexibility index (Phi) is 6.16. The van der Waals surface area contributed by atoms with E-state index in [0.717, 1.165) is 0 Å². The van der Waals surface area contributed by atoms with Gasteiger partial charge in [0.1, 0.15) is 11.4 Å². The highest BCUT2D eigenvalue weighted by Gasteiger charge is 2.17. The number of aromatic amines is 1. The summed E-state index contributed by atoms with van der Waals surface area (Å²) < 4.78 is 27.1. The molecule has 0 atom stereocenters. The van der Waals surface area contributed by atoms with Crippen molar-refractivity contribution in [2.75, 3.05) is 10.0 Å². The molecule has 166 valence electrons. The first-order valence-corrected chi connectivity index (χ1v) is 11.2. The summed E-state index contributed by atoms with van der Waals surface area (Å²) in [5.41, 5.74) is 0.0943. The minimum atomic E-state index is -3.91. The molecule has 0 bridgehead atoms. The number of amides is 1. The second-order valence-corrected chi connectivity index (χ2v) is 8.76. The zero-order valence-corrected chi connectivity index (χ0v) is 18.3. The van der Waals surface area contributed by atoms with E-state index in [1.54, 1.807) is 30.3 Å². The average molecular weight is 483 g/mol. The summed E-state index contributed by atoms with van der Waals surface area (Å²) >= 11 is 5.86. The molecule has 33 heavy (non-hydrogen) atoms. The summed E-state index contributed by atoms with van der Waals surface area (Å²) in [4.78, 5) is 39.2. The molecule has 2 aromatic carbocycles. The summed E-state index contributed by atoms with van der Waals surface area (Å²) in [6.45, 7) is 0. The highest BCUT2D eigenvalue weighted by atomic mass is 35.5. The van der Waals surface area contributed by atoms with Crippen LogP contribution in [0.2, 0.25) is 5.02 Å². The number of carbonyl (C=O) groups excluding carboxylic acids is 1. The highest BCUT2D eigenvalue weighted by Crippen LogP contribution is 2.18. The lowest BCUT2D eigenvalue weighted by molar-refractivity contribution is 0.102. The molecule has 0 aliphatic carbocycles. The maximum absolute atomic E-state index is 12.5. The third-order valence-electron chi connectivity index (χ3n) is 4.38. The summed E-state index contributed by atoms with van der Waals surface area (Å²) in [5, 5.41) is 3.08. The fourth-order valence-electron chi connectivity index (χ4n) is 2.76. The standard InChI is InChI=1S/C21H15ClN6O4S/c22-14-4-2-13(3-5-14)18-25-12-17(20(30)27-18)19(29)26-15-6-8-16(9-7-15)33(31,32)28-21-23-10-1-11-24-21/h1-12H,(H,26,29)(H,23,24,28)(H,25,27,30). The van der Waals surface area contributed by atoms with Gasteiger partial charge in [-0.25, -0.2) is 28.1 Å². The highest BCUT2D eigenvalue weighted by molar-refractivity contribution is 7.92. The predicted octanol–water partition coefficient (Wildman–Crippen LogP) is 2.93. The summed E-state index contributed by atoms with van der Waals surface area (Å²) in [6.07, 6.45) is 3.98. The first-order valence-electron chi connectivity index (χ1n) is 9.38. The van der Waals surface area contributed by atoms with E-state index in [0.29, 0.717) is 10.6 Å². The average Bonchev–Trinajstić information content (AvgIpc) is 2.80. The van der Waals surface area contributed by atoms with Gasteiger partial charge in [-0.1, -0.05) is 11.6 Å². The number of hydrogen-bond donors (Lipinski definition) is 3.